The van der Waals surface area contributed by atoms with Crippen LogP contribution in [0, 0.1) is 0 Å². The summed E-state index contributed by atoms with van der Waals surface area (Å²) in [6, 6.07) is 11.7. The SMILES string of the molecule is O=C(CSCc1ccc(Cl)cc1)Nc1ccc(Cl)cc1C(=O)O. The van der Waals surface area contributed by atoms with Crippen LogP contribution in [-0.4, -0.2) is 22.7 Å². The standard InChI is InChI=1S/C16H13Cl2NO3S/c17-11-3-1-10(2-4-11)8-23-9-15(20)19-14-6-5-12(18)7-13(14)16(21)22/h1-7H,8-9H2,(H,19,20)(H,21,22). The second kappa shape index (κ2) is 8.24. The maximum Gasteiger partial charge on any atom is 0.337 e. The van der Waals surface area contributed by atoms with Gasteiger partial charge >= 0.3 is 5.97 Å². The number of carboxylic acid groups (broad SMARTS) is 1. The molecule has 0 atom stereocenters. The maximum atomic E-state index is 11.9. The van der Waals surface area contributed by atoms with E-state index in [1.165, 1.54) is 30.0 Å². The Labute approximate surface area is 147 Å². The van der Waals surface area contributed by atoms with Crippen LogP contribution in [0.4, 0.5) is 5.69 Å². The number of carbonyl (C=O) groups excluding carboxylic acids is 1. The van der Waals surface area contributed by atoms with Crippen molar-refractivity contribution in [3.8, 4) is 0 Å². The lowest BCUT2D eigenvalue weighted by Gasteiger charge is -2.09. The number of nitrogens with one attached hydrogen (secondary N) is 1. The minimum Gasteiger partial charge on any atom is -0.478 e. The zero-order valence-corrected chi connectivity index (χ0v) is 14.2. The Morgan fingerprint density at radius 3 is 2.35 bits per heavy atom. The van der Waals surface area contributed by atoms with Gasteiger partial charge in [-0.05, 0) is 35.9 Å². The van der Waals surface area contributed by atoms with Gasteiger partial charge < -0.3 is 10.4 Å². The minimum atomic E-state index is -1.14. The van der Waals surface area contributed by atoms with Crippen molar-refractivity contribution in [2.45, 2.75) is 5.75 Å². The molecule has 0 spiro atoms. The molecule has 0 aliphatic heterocycles. The molecule has 4 nitrogen and oxygen atoms in total. The first-order valence-electron chi connectivity index (χ1n) is 6.60. The Balaban J connectivity index is 1.90. The smallest absolute Gasteiger partial charge is 0.337 e. The number of carbonyl (C=O) groups is 2. The largest absolute Gasteiger partial charge is 0.478 e. The van der Waals surface area contributed by atoms with E-state index >= 15 is 0 Å². The molecule has 0 unspecified atom stereocenters. The Kier molecular flexibility index (Phi) is 6.33. The highest BCUT2D eigenvalue weighted by molar-refractivity contribution is 7.99. The number of carboxylic acids is 1. The van der Waals surface area contributed by atoms with Crippen molar-refractivity contribution in [2.24, 2.45) is 0 Å². The third-order valence-electron chi connectivity index (χ3n) is 2.90. The lowest BCUT2D eigenvalue weighted by Crippen LogP contribution is -2.16. The lowest BCUT2D eigenvalue weighted by molar-refractivity contribution is -0.113. The molecule has 2 aromatic carbocycles. The molecule has 2 rings (SSSR count). The molecule has 7 heteroatoms. The number of halogens is 2. The summed E-state index contributed by atoms with van der Waals surface area (Å²) in [5.41, 5.74) is 1.26. The number of hydrogen-bond donors (Lipinski definition) is 2. The number of thioether (sulfide) groups is 1. The highest BCUT2D eigenvalue weighted by atomic mass is 35.5. The molecule has 0 aromatic heterocycles. The van der Waals surface area contributed by atoms with Crippen molar-refractivity contribution in [3.05, 3.63) is 63.6 Å². The summed E-state index contributed by atoms with van der Waals surface area (Å²) in [4.78, 5) is 23.1. The predicted octanol–water partition coefficient (Wildman–Crippen LogP) is 4.56. The highest BCUT2D eigenvalue weighted by Crippen LogP contribution is 2.21. The van der Waals surface area contributed by atoms with Gasteiger partial charge in [-0.3, -0.25) is 4.79 Å². The van der Waals surface area contributed by atoms with Crippen LogP contribution in [0.15, 0.2) is 42.5 Å². The van der Waals surface area contributed by atoms with Gasteiger partial charge in [0.1, 0.15) is 0 Å². The molecule has 0 fully saturated rings. The summed E-state index contributed by atoms with van der Waals surface area (Å²) in [7, 11) is 0. The first-order valence-corrected chi connectivity index (χ1v) is 8.51. The fourth-order valence-electron chi connectivity index (χ4n) is 1.83. The van der Waals surface area contributed by atoms with Crippen molar-refractivity contribution in [3.63, 3.8) is 0 Å². The minimum absolute atomic E-state index is 0.0337. The van der Waals surface area contributed by atoms with Gasteiger partial charge in [0.05, 0.1) is 17.0 Å². The number of hydrogen-bond acceptors (Lipinski definition) is 3. The van der Waals surface area contributed by atoms with Crippen LogP contribution in [0.25, 0.3) is 0 Å². The van der Waals surface area contributed by atoms with E-state index in [0.29, 0.717) is 15.8 Å². The number of rotatable bonds is 6. The molecule has 0 radical (unpaired) electrons. The van der Waals surface area contributed by atoms with E-state index in [-0.39, 0.29) is 22.9 Å². The van der Waals surface area contributed by atoms with Crippen LogP contribution in [-0.2, 0) is 10.5 Å². The van der Waals surface area contributed by atoms with E-state index in [9.17, 15) is 9.59 Å². The average Bonchev–Trinajstić information content (AvgIpc) is 2.51. The van der Waals surface area contributed by atoms with Gasteiger partial charge in [0, 0.05) is 15.8 Å². The van der Waals surface area contributed by atoms with Gasteiger partial charge in [-0.1, -0.05) is 35.3 Å². The van der Waals surface area contributed by atoms with Gasteiger partial charge in [-0.15, -0.1) is 11.8 Å². The third-order valence-corrected chi connectivity index (χ3v) is 4.39. The molecular weight excluding hydrogens is 357 g/mol. The number of aromatic carboxylic acids is 1. The summed E-state index contributed by atoms with van der Waals surface area (Å²) >= 11 is 13.0. The Morgan fingerprint density at radius 1 is 1.04 bits per heavy atom. The van der Waals surface area contributed by atoms with Crippen LogP contribution in [0.1, 0.15) is 15.9 Å². The maximum absolute atomic E-state index is 11.9. The molecule has 1 amide bonds. The topological polar surface area (TPSA) is 66.4 Å². The average molecular weight is 370 g/mol. The van der Waals surface area contributed by atoms with Crippen LogP contribution in [0.2, 0.25) is 10.0 Å². The normalized spacial score (nSPS) is 10.3. The fourth-order valence-corrected chi connectivity index (χ4v) is 2.92. The molecule has 0 saturated carbocycles. The van der Waals surface area contributed by atoms with E-state index in [4.69, 9.17) is 28.3 Å². The Morgan fingerprint density at radius 2 is 1.70 bits per heavy atom. The summed E-state index contributed by atoms with van der Waals surface area (Å²) in [6.07, 6.45) is 0. The fraction of sp³-hybridized carbons (Fsp3) is 0.125. The first kappa shape index (κ1) is 17.7. The summed E-state index contributed by atoms with van der Waals surface area (Å²) in [5.74, 6) is -0.535. The van der Waals surface area contributed by atoms with Crippen molar-refractivity contribution in [1.29, 1.82) is 0 Å². The molecular formula is C16H13Cl2NO3S. The zero-order chi connectivity index (χ0) is 16.8. The van der Waals surface area contributed by atoms with Crippen molar-refractivity contribution in [2.75, 3.05) is 11.1 Å². The number of anilines is 1. The molecule has 2 aromatic rings. The summed E-state index contributed by atoms with van der Waals surface area (Å²) in [5, 5.41) is 12.7. The Hall–Kier alpha value is -1.69. The van der Waals surface area contributed by atoms with E-state index in [1.54, 1.807) is 12.1 Å². The number of amides is 1. The van der Waals surface area contributed by atoms with Crippen LogP contribution in [0.5, 0.6) is 0 Å². The summed E-state index contributed by atoms with van der Waals surface area (Å²) in [6.45, 7) is 0. The van der Waals surface area contributed by atoms with Gasteiger partial charge in [-0.25, -0.2) is 4.79 Å². The molecule has 0 aliphatic rings. The second-order valence-electron chi connectivity index (χ2n) is 4.66. The zero-order valence-electron chi connectivity index (χ0n) is 11.9. The van der Waals surface area contributed by atoms with Gasteiger partial charge in [0.2, 0.25) is 5.91 Å². The highest BCUT2D eigenvalue weighted by Gasteiger charge is 2.13. The predicted molar refractivity (Wildman–Crippen MR) is 94.7 cm³/mol. The quantitative estimate of drug-likeness (QED) is 0.782. The molecule has 0 aliphatic carbocycles. The molecule has 0 bridgehead atoms. The monoisotopic (exact) mass is 369 g/mol. The van der Waals surface area contributed by atoms with Gasteiger partial charge in [0.25, 0.3) is 0 Å². The molecule has 23 heavy (non-hydrogen) atoms. The van der Waals surface area contributed by atoms with Crippen LogP contribution >= 0.6 is 35.0 Å². The van der Waals surface area contributed by atoms with Crippen molar-refractivity contribution in [1.82, 2.24) is 0 Å². The van der Waals surface area contributed by atoms with E-state index < -0.39 is 5.97 Å². The van der Waals surface area contributed by atoms with Gasteiger partial charge in [0.15, 0.2) is 0 Å². The lowest BCUT2D eigenvalue weighted by atomic mass is 10.2. The second-order valence-corrected chi connectivity index (χ2v) is 6.52. The molecule has 120 valence electrons. The number of benzene rings is 2. The van der Waals surface area contributed by atoms with Gasteiger partial charge in [-0.2, -0.15) is 0 Å². The molecule has 0 saturated heterocycles. The first-order chi connectivity index (χ1) is 11.0. The van der Waals surface area contributed by atoms with Crippen molar-refractivity contribution >= 4 is 52.5 Å². The van der Waals surface area contributed by atoms with E-state index in [2.05, 4.69) is 5.32 Å². The molecule has 2 N–H and O–H groups in total. The van der Waals surface area contributed by atoms with E-state index in [1.807, 2.05) is 12.1 Å². The summed E-state index contributed by atoms with van der Waals surface area (Å²) < 4.78 is 0. The van der Waals surface area contributed by atoms with Crippen molar-refractivity contribution < 1.29 is 14.7 Å². The molecule has 0 heterocycles. The van der Waals surface area contributed by atoms with Crippen LogP contribution in [0.3, 0.4) is 0 Å². The van der Waals surface area contributed by atoms with Crippen LogP contribution < -0.4 is 5.32 Å². The van der Waals surface area contributed by atoms with E-state index in [0.717, 1.165) is 5.56 Å². The Bertz CT molecular complexity index is 720. The third kappa shape index (κ3) is 5.46.